The van der Waals surface area contributed by atoms with Gasteiger partial charge in [0.05, 0.1) is 0 Å². The predicted molar refractivity (Wildman–Crippen MR) is 51.8 cm³/mol. The molecule has 0 aromatic heterocycles. The van der Waals surface area contributed by atoms with E-state index in [1.54, 1.807) is 0 Å². The number of nitrogens with one attached hydrogen (secondary N) is 1. The van der Waals surface area contributed by atoms with Crippen LogP contribution in [-0.2, 0) is 0 Å². The summed E-state index contributed by atoms with van der Waals surface area (Å²) in [7, 11) is 0. The van der Waals surface area contributed by atoms with Crippen molar-refractivity contribution in [3.8, 4) is 0 Å². The van der Waals surface area contributed by atoms with Gasteiger partial charge in [-0.2, -0.15) is 0 Å². The summed E-state index contributed by atoms with van der Waals surface area (Å²) in [6.45, 7) is 5.73. The van der Waals surface area contributed by atoms with Gasteiger partial charge < -0.3 is 10.8 Å². The maximum Gasteiger partial charge on any atom is 0.107 e. The van der Waals surface area contributed by atoms with Crippen LogP contribution in [0.25, 0.3) is 0 Å². The zero-order valence-electron chi connectivity index (χ0n) is 8.21. The van der Waals surface area contributed by atoms with Gasteiger partial charge in [-0.3, -0.25) is 5.32 Å². The van der Waals surface area contributed by atoms with E-state index in [2.05, 4.69) is 12.2 Å². The van der Waals surface area contributed by atoms with Crippen molar-refractivity contribution >= 4 is 0 Å². The Morgan fingerprint density at radius 2 is 2.17 bits per heavy atom. The van der Waals surface area contributed by atoms with Gasteiger partial charge in [0, 0.05) is 0 Å². The number of aliphatic hydroxyl groups is 1. The van der Waals surface area contributed by atoms with E-state index in [0.29, 0.717) is 12.5 Å². The van der Waals surface area contributed by atoms with Crippen LogP contribution < -0.4 is 11.1 Å². The number of nitrogens with two attached hydrogens (primary N) is 1. The molecule has 0 saturated carbocycles. The summed E-state index contributed by atoms with van der Waals surface area (Å²) in [4.78, 5) is 0. The van der Waals surface area contributed by atoms with E-state index < -0.39 is 0 Å². The van der Waals surface area contributed by atoms with Gasteiger partial charge in [-0.1, -0.05) is 13.8 Å². The van der Waals surface area contributed by atoms with E-state index in [4.69, 9.17) is 5.73 Å². The van der Waals surface area contributed by atoms with E-state index in [1.807, 2.05) is 6.92 Å². The summed E-state index contributed by atoms with van der Waals surface area (Å²) >= 11 is 0. The lowest BCUT2D eigenvalue weighted by Crippen LogP contribution is -2.35. The second-order valence-electron chi connectivity index (χ2n) is 3.31. The Hall–Kier alpha value is -0.120. The number of rotatable bonds is 7. The maximum absolute atomic E-state index is 9.52. The quantitative estimate of drug-likeness (QED) is 0.497. The average Bonchev–Trinajstić information content (AvgIpc) is 2.10. The molecule has 0 rings (SSSR count). The minimum atomic E-state index is -0.364. The molecule has 0 bridgehead atoms. The second kappa shape index (κ2) is 7.53. The molecule has 0 fully saturated rings. The topological polar surface area (TPSA) is 58.3 Å². The van der Waals surface area contributed by atoms with Gasteiger partial charge in [0.15, 0.2) is 0 Å². The highest BCUT2D eigenvalue weighted by atomic mass is 16.3. The van der Waals surface area contributed by atoms with Crippen LogP contribution in [0.3, 0.4) is 0 Å². The monoisotopic (exact) mass is 174 g/mol. The zero-order valence-corrected chi connectivity index (χ0v) is 8.21. The Bertz CT molecular complexity index is 86.5. The molecule has 0 aromatic carbocycles. The molecule has 0 aliphatic rings. The van der Waals surface area contributed by atoms with Crippen molar-refractivity contribution in [1.29, 1.82) is 0 Å². The first-order chi connectivity index (χ1) is 5.72. The molecule has 2 atom stereocenters. The summed E-state index contributed by atoms with van der Waals surface area (Å²) in [6.07, 6.45) is 2.68. The highest BCUT2D eigenvalue weighted by Gasteiger charge is 2.11. The Morgan fingerprint density at radius 3 is 2.67 bits per heavy atom. The first-order valence-electron chi connectivity index (χ1n) is 4.83. The third kappa shape index (κ3) is 5.52. The smallest absolute Gasteiger partial charge is 0.107 e. The predicted octanol–water partition coefficient (Wildman–Crippen LogP) is 0.679. The molecule has 74 valence electrons. The van der Waals surface area contributed by atoms with Crippen LogP contribution in [-0.4, -0.2) is 24.4 Å². The molecule has 0 saturated heterocycles. The van der Waals surface area contributed by atoms with Crippen molar-refractivity contribution in [2.45, 2.75) is 39.3 Å². The van der Waals surface area contributed by atoms with E-state index in [9.17, 15) is 5.11 Å². The Kier molecular flexibility index (Phi) is 7.45. The number of hydrogen-bond acceptors (Lipinski definition) is 3. The maximum atomic E-state index is 9.52. The molecular formula is C9H22N2O. The van der Waals surface area contributed by atoms with E-state index in [1.165, 1.54) is 0 Å². The summed E-state index contributed by atoms with van der Waals surface area (Å²) in [6, 6.07) is 0. The highest BCUT2D eigenvalue weighted by Crippen LogP contribution is 2.07. The normalized spacial score (nSPS) is 16.0. The van der Waals surface area contributed by atoms with Gasteiger partial charge in [-0.05, 0) is 38.3 Å². The van der Waals surface area contributed by atoms with Gasteiger partial charge in [-0.15, -0.1) is 0 Å². The SMILES string of the molecule is CCCNC(O)[C@@H](C)CCCN. The Labute approximate surface area is 75.3 Å². The molecule has 3 nitrogen and oxygen atoms in total. The summed E-state index contributed by atoms with van der Waals surface area (Å²) in [5, 5.41) is 12.6. The molecule has 3 heteroatoms. The minimum Gasteiger partial charge on any atom is -0.378 e. The van der Waals surface area contributed by atoms with Gasteiger partial charge >= 0.3 is 0 Å². The number of hydrogen-bond donors (Lipinski definition) is 3. The fraction of sp³-hybridized carbons (Fsp3) is 1.00. The highest BCUT2D eigenvalue weighted by molar-refractivity contribution is 4.62. The lowest BCUT2D eigenvalue weighted by molar-refractivity contribution is 0.0783. The number of aliphatic hydroxyl groups excluding tert-OH is 1. The summed E-state index contributed by atoms with van der Waals surface area (Å²) < 4.78 is 0. The van der Waals surface area contributed by atoms with Crippen molar-refractivity contribution in [3.05, 3.63) is 0 Å². The van der Waals surface area contributed by atoms with Crippen LogP contribution in [0.2, 0.25) is 0 Å². The van der Waals surface area contributed by atoms with Crippen LogP contribution in [0.1, 0.15) is 33.1 Å². The van der Waals surface area contributed by atoms with Crippen LogP contribution in [0.4, 0.5) is 0 Å². The molecular weight excluding hydrogens is 152 g/mol. The van der Waals surface area contributed by atoms with Gasteiger partial charge in [0.1, 0.15) is 6.23 Å². The molecule has 12 heavy (non-hydrogen) atoms. The second-order valence-corrected chi connectivity index (χ2v) is 3.31. The standard InChI is InChI=1S/C9H22N2O/c1-3-7-11-9(12)8(2)5-4-6-10/h8-9,11-12H,3-7,10H2,1-2H3/t8-,9?/m0/s1. The van der Waals surface area contributed by atoms with E-state index in [-0.39, 0.29) is 6.23 Å². The van der Waals surface area contributed by atoms with Crippen molar-refractivity contribution in [2.75, 3.05) is 13.1 Å². The van der Waals surface area contributed by atoms with Crippen LogP contribution >= 0.6 is 0 Å². The molecule has 0 amide bonds. The van der Waals surface area contributed by atoms with Crippen LogP contribution in [0.5, 0.6) is 0 Å². The Balaban J connectivity index is 3.39. The van der Waals surface area contributed by atoms with Crippen molar-refractivity contribution in [1.82, 2.24) is 5.32 Å². The first kappa shape index (κ1) is 11.9. The molecule has 0 aliphatic heterocycles. The van der Waals surface area contributed by atoms with E-state index in [0.717, 1.165) is 25.8 Å². The molecule has 0 spiro atoms. The van der Waals surface area contributed by atoms with Crippen molar-refractivity contribution in [3.63, 3.8) is 0 Å². The van der Waals surface area contributed by atoms with Crippen molar-refractivity contribution < 1.29 is 5.11 Å². The molecule has 1 unspecified atom stereocenters. The Morgan fingerprint density at radius 1 is 1.50 bits per heavy atom. The zero-order chi connectivity index (χ0) is 9.40. The largest absolute Gasteiger partial charge is 0.378 e. The summed E-state index contributed by atoms with van der Waals surface area (Å²) in [5.41, 5.74) is 5.38. The average molecular weight is 174 g/mol. The fourth-order valence-corrected chi connectivity index (χ4v) is 1.09. The molecule has 0 heterocycles. The van der Waals surface area contributed by atoms with Crippen LogP contribution in [0.15, 0.2) is 0 Å². The molecule has 0 aliphatic carbocycles. The van der Waals surface area contributed by atoms with Crippen LogP contribution in [0, 0.1) is 5.92 Å². The van der Waals surface area contributed by atoms with Gasteiger partial charge in [0.2, 0.25) is 0 Å². The summed E-state index contributed by atoms with van der Waals surface area (Å²) in [5.74, 6) is 0.306. The first-order valence-corrected chi connectivity index (χ1v) is 4.83. The van der Waals surface area contributed by atoms with E-state index >= 15 is 0 Å². The molecule has 0 radical (unpaired) electrons. The lowest BCUT2D eigenvalue weighted by Gasteiger charge is -2.19. The minimum absolute atomic E-state index is 0.306. The third-order valence-corrected chi connectivity index (χ3v) is 2.01. The third-order valence-electron chi connectivity index (χ3n) is 2.01. The van der Waals surface area contributed by atoms with Gasteiger partial charge in [0.25, 0.3) is 0 Å². The molecule has 4 N–H and O–H groups in total. The van der Waals surface area contributed by atoms with Gasteiger partial charge in [-0.25, -0.2) is 0 Å². The lowest BCUT2D eigenvalue weighted by atomic mass is 10.0. The molecule has 0 aromatic rings. The fourth-order valence-electron chi connectivity index (χ4n) is 1.09. The van der Waals surface area contributed by atoms with Crippen molar-refractivity contribution in [2.24, 2.45) is 11.7 Å².